The number of hydrogen-bond donors (Lipinski definition) is 2. The van der Waals surface area contributed by atoms with E-state index >= 15 is 0 Å². The van der Waals surface area contributed by atoms with Crippen LogP contribution >= 0.6 is 0 Å². The Hall–Kier alpha value is -1.56. The summed E-state index contributed by atoms with van der Waals surface area (Å²) in [6, 6.07) is 0.0298. The number of carbonyl (C=O) groups excluding carboxylic acids is 1. The van der Waals surface area contributed by atoms with Crippen molar-refractivity contribution in [3.63, 3.8) is 0 Å². The minimum atomic E-state index is -0.140. The Labute approximate surface area is 120 Å². The number of aromatic nitrogens is 2. The fraction of sp³-hybridized carbons (Fsp3) is 0.714. The molecule has 20 heavy (non-hydrogen) atoms. The SMILES string of the molecule is CCCCC(CN)NC(=O)COc1c(C)nn(C)c1C. The Morgan fingerprint density at radius 3 is 2.70 bits per heavy atom. The van der Waals surface area contributed by atoms with Crippen LogP contribution in [0.4, 0.5) is 0 Å². The van der Waals surface area contributed by atoms with Crippen molar-refractivity contribution in [2.75, 3.05) is 13.2 Å². The molecule has 0 saturated carbocycles. The van der Waals surface area contributed by atoms with E-state index in [9.17, 15) is 4.79 Å². The highest BCUT2D eigenvalue weighted by molar-refractivity contribution is 5.77. The van der Waals surface area contributed by atoms with Gasteiger partial charge in [0, 0.05) is 19.6 Å². The van der Waals surface area contributed by atoms with E-state index in [2.05, 4.69) is 17.3 Å². The van der Waals surface area contributed by atoms with E-state index in [0.717, 1.165) is 30.7 Å². The van der Waals surface area contributed by atoms with Crippen molar-refractivity contribution < 1.29 is 9.53 Å². The van der Waals surface area contributed by atoms with Crippen LogP contribution in [0.2, 0.25) is 0 Å². The van der Waals surface area contributed by atoms with Gasteiger partial charge in [0.15, 0.2) is 12.4 Å². The van der Waals surface area contributed by atoms with Crippen molar-refractivity contribution in [1.29, 1.82) is 0 Å². The molecule has 3 N–H and O–H groups in total. The lowest BCUT2D eigenvalue weighted by Gasteiger charge is -2.16. The summed E-state index contributed by atoms with van der Waals surface area (Å²) in [6.07, 6.45) is 3.06. The molecule has 6 heteroatoms. The van der Waals surface area contributed by atoms with Crippen LogP contribution in [0.3, 0.4) is 0 Å². The van der Waals surface area contributed by atoms with Crippen LogP contribution in [0.1, 0.15) is 37.6 Å². The van der Waals surface area contributed by atoms with Crippen LogP contribution in [0, 0.1) is 13.8 Å². The maximum absolute atomic E-state index is 11.9. The number of nitrogens with one attached hydrogen (secondary N) is 1. The number of rotatable bonds is 8. The number of aryl methyl sites for hydroxylation is 2. The van der Waals surface area contributed by atoms with E-state index in [1.165, 1.54) is 0 Å². The second kappa shape index (κ2) is 7.89. The Morgan fingerprint density at radius 1 is 1.50 bits per heavy atom. The molecule has 0 aromatic carbocycles. The fourth-order valence-electron chi connectivity index (χ4n) is 2.07. The molecule has 1 atom stereocenters. The molecule has 0 bridgehead atoms. The van der Waals surface area contributed by atoms with Gasteiger partial charge in [-0.2, -0.15) is 5.10 Å². The Bertz CT molecular complexity index is 443. The number of amides is 1. The van der Waals surface area contributed by atoms with Crippen molar-refractivity contribution in [3.05, 3.63) is 11.4 Å². The van der Waals surface area contributed by atoms with Crippen LogP contribution in [0.5, 0.6) is 5.75 Å². The average Bonchev–Trinajstić information content (AvgIpc) is 2.66. The Morgan fingerprint density at radius 2 is 2.20 bits per heavy atom. The number of unbranched alkanes of at least 4 members (excludes halogenated alkanes) is 1. The maximum Gasteiger partial charge on any atom is 0.258 e. The van der Waals surface area contributed by atoms with Crippen molar-refractivity contribution in [2.24, 2.45) is 12.8 Å². The lowest BCUT2D eigenvalue weighted by molar-refractivity contribution is -0.123. The first-order valence-corrected chi connectivity index (χ1v) is 7.12. The summed E-state index contributed by atoms with van der Waals surface area (Å²) < 4.78 is 7.31. The lowest BCUT2D eigenvalue weighted by atomic mass is 10.1. The van der Waals surface area contributed by atoms with Gasteiger partial charge in [-0.05, 0) is 20.3 Å². The molecule has 0 fully saturated rings. The average molecular weight is 282 g/mol. The number of nitrogens with two attached hydrogens (primary N) is 1. The second-order valence-electron chi connectivity index (χ2n) is 5.05. The molecule has 1 rings (SSSR count). The highest BCUT2D eigenvalue weighted by atomic mass is 16.5. The zero-order chi connectivity index (χ0) is 15.1. The van der Waals surface area contributed by atoms with Crippen molar-refractivity contribution in [2.45, 2.75) is 46.1 Å². The molecule has 0 aliphatic carbocycles. The van der Waals surface area contributed by atoms with Gasteiger partial charge in [-0.3, -0.25) is 9.48 Å². The number of hydrogen-bond acceptors (Lipinski definition) is 4. The molecule has 114 valence electrons. The summed E-state index contributed by atoms with van der Waals surface area (Å²) in [6.45, 7) is 6.35. The monoisotopic (exact) mass is 282 g/mol. The van der Waals surface area contributed by atoms with Crippen molar-refractivity contribution in [3.8, 4) is 5.75 Å². The quantitative estimate of drug-likeness (QED) is 0.746. The smallest absolute Gasteiger partial charge is 0.258 e. The van der Waals surface area contributed by atoms with Crippen molar-refractivity contribution >= 4 is 5.91 Å². The first-order valence-electron chi connectivity index (χ1n) is 7.12. The largest absolute Gasteiger partial charge is 0.480 e. The summed E-state index contributed by atoms with van der Waals surface area (Å²) >= 11 is 0. The molecule has 0 spiro atoms. The zero-order valence-corrected chi connectivity index (χ0v) is 12.9. The summed E-state index contributed by atoms with van der Waals surface area (Å²) in [7, 11) is 1.85. The van der Waals surface area contributed by atoms with E-state index in [-0.39, 0.29) is 18.6 Å². The molecular weight excluding hydrogens is 256 g/mol. The standard InChI is InChI=1S/C14H26N4O2/c1-5-6-7-12(8-15)16-13(19)9-20-14-10(2)17-18(4)11(14)3/h12H,5-9,15H2,1-4H3,(H,16,19). The Kier molecular flexibility index (Phi) is 6.51. The second-order valence-corrected chi connectivity index (χ2v) is 5.05. The molecule has 1 aromatic heterocycles. The minimum absolute atomic E-state index is 0.00397. The predicted molar refractivity (Wildman–Crippen MR) is 78.7 cm³/mol. The highest BCUT2D eigenvalue weighted by Gasteiger charge is 2.14. The van der Waals surface area contributed by atoms with E-state index in [1.54, 1.807) is 4.68 Å². The summed E-state index contributed by atoms with van der Waals surface area (Å²) in [5.41, 5.74) is 7.36. The third kappa shape index (κ3) is 4.52. The van der Waals surface area contributed by atoms with E-state index in [1.807, 2.05) is 20.9 Å². The van der Waals surface area contributed by atoms with Gasteiger partial charge in [0.1, 0.15) is 5.69 Å². The number of carbonyl (C=O) groups is 1. The molecule has 0 radical (unpaired) electrons. The van der Waals surface area contributed by atoms with Gasteiger partial charge in [-0.1, -0.05) is 19.8 Å². The summed E-state index contributed by atoms with van der Waals surface area (Å²) in [4.78, 5) is 11.9. The topological polar surface area (TPSA) is 82.2 Å². The van der Waals surface area contributed by atoms with Gasteiger partial charge in [0.25, 0.3) is 5.91 Å². The first-order chi connectivity index (χ1) is 9.49. The van der Waals surface area contributed by atoms with E-state index in [0.29, 0.717) is 12.3 Å². The minimum Gasteiger partial charge on any atom is -0.480 e. The molecule has 1 unspecified atom stereocenters. The van der Waals surface area contributed by atoms with E-state index in [4.69, 9.17) is 10.5 Å². The predicted octanol–water partition coefficient (Wildman–Crippen LogP) is 1.05. The third-order valence-corrected chi connectivity index (χ3v) is 3.35. The number of ether oxygens (including phenoxy) is 1. The molecule has 0 aliphatic rings. The molecule has 0 saturated heterocycles. The first kappa shape index (κ1) is 16.5. The van der Waals surface area contributed by atoms with Gasteiger partial charge in [-0.15, -0.1) is 0 Å². The zero-order valence-electron chi connectivity index (χ0n) is 12.9. The summed E-state index contributed by atoms with van der Waals surface area (Å²) in [5, 5.41) is 7.15. The van der Waals surface area contributed by atoms with Gasteiger partial charge in [0.2, 0.25) is 0 Å². The fourth-order valence-corrected chi connectivity index (χ4v) is 2.07. The normalized spacial score (nSPS) is 12.2. The van der Waals surface area contributed by atoms with Crippen molar-refractivity contribution in [1.82, 2.24) is 15.1 Å². The molecule has 1 heterocycles. The van der Waals surface area contributed by atoms with Crippen LogP contribution in [-0.2, 0) is 11.8 Å². The molecular formula is C14H26N4O2. The van der Waals surface area contributed by atoms with Gasteiger partial charge >= 0.3 is 0 Å². The lowest BCUT2D eigenvalue weighted by Crippen LogP contribution is -2.42. The molecule has 1 aromatic rings. The molecule has 0 aliphatic heterocycles. The van der Waals surface area contributed by atoms with Crippen LogP contribution < -0.4 is 15.8 Å². The van der Waals surface area contributed by atoms with Crippen LogP contribution in [-0.4, -0.2) is 34.9 Å². The highest BCUT2D eigenvalue weighted by Crippen LogP contribution is 2.20. The third-order valence-electron chi connectivity index (χ3n) is 3.35. The van der Waals surface area contributed by atoms with Crippen LogP contribution in [0.25, 0.3) is 0 Å². The number of nitrogens with zero attached hydrogens (tertiary/aromatic N) is 2. The van der Waals surface area contributed by atoms with Gasteiger partial charge in [-0.25, -0.2) is 0 Å². The van der Waals surface area contributed by atoms with Gasteiger partial charge in [0.05, 0.1) is 5.69 Å². The summed E-state index contributed by atoms with van der Waals surface area (Å²) in [5.74, 6) is 0.541. The Balaban J connectivity index is 2.46. The molecule has 1 amide bonds. The molecule has 6 nitrogen and oxygen atoms in total. The maximum atomic E-state index is 11.9. The van der Waals surface area contributed by atoms with Crippen LogP contribution in [0.15, 0.2) is 0 Å². The van der Waals surface area contributed by atoms with E-state index < -0.39 is 0 Å². The van der Waals surface area contributed by atoms with Gasteiger partial charge < -0.3 is 15.8 Å².